The van der Waals surface area contributed by atoms with E-state index in [1.807, 2.05) is 13.8 Å². The van der Waals surface area contributed by atoms with E-state index in [4.69, 9.17) is 0 Å². The average molecular weight is 237 g/mol. The fourth-order valence-corrected chi connectivity index (χ4v) is 2.05. The van der Waals surface area contributed by atoms with Gasteiger partial charge in [0.05, 0.1) is 6.10 Å². The molecule has 2 rings (SSSR count). The Balaban J connectivity index is 2.05. The van der Waals surface area contributed by atoms with E-state index in [2.05, 4.69) is 10.2 Å². The van der Waals surface area contributed by atoms with Crippen LogP contribution in [0.1, 0.15) is 36.5 Å². The Morgan fingerprint density at radius 2 is 2.47 bits per heavy atom. The van der Waals surface area contributed by atoms with Gasteiger partial charge in [-0.3, -0.25) is 9.89 Å². The molecule has 0 spiro atoms. The molecule has 5 heteroatoms. The van der Waals surface area contributed by atoms with Crippen LogP contribution >= 0.6 is 0 Å². The highest BCUT2D eigenvalue weighted by Crippen LogP contribution is 2.18. The summed E-state index contributed by atoms with van der Waals surface area (Å²) in [5.41, 5.74) is 1.41. The normalized spacial score (nSPS) is 25.0. The molecule has 2 atom stereocenters. The smallest absolute Gasteiger partial charge is 0.274 e. The van der Waals surface area contributed by atoms with Gasteiger partial charge in [-0.25, -0.2) is 0 Å². The van der Waals surface area contributed by atoms with E-state index >= 15 is 0 Å². The Bertz CT molecular complexity index is 402. The highest BCUT2D eigenvalue weighted by atomic mass is 16.3. The lowest BCUT2D eigenvalue weighted by molar-refractivity contribution is 0.0245. The van der Waals surface area contributed by atoms with Crippen LogP contribution in [0, 0.1) is 5.92 Å². The van der Waals surface area contributed by atoms with E-state index in [1.165, 1.54) is 0 Å². The Labute approximate surface area is 101 Å². The minimum atomic E-state index is -0.419. The van der Waals surface area contributed by atoms with Gasteiger partial charge in [0.25, 0.3) is 5.91 Å². The SMILES string of the molecule is CCc1cc(C(=O)N2CCC(C)C(O)C2)n[nH]1. The third-order valence-corrected chi connectivity index (χ3v) is 3.44. The Morgan fingerprint density at radius 3 is 3.06 bits per heavy atom. The standard InChI is InChI=1S/C12H19N3O2/c1-3-9-6-10(14-13-9)12(17)15-5-4-8(2)11(16)7-15/h6,8,11,16H,3-5,7H2,1-2H3,(H,13,14). The van der Waals surface area contributed by atoms with E-state index in [1.54, 1.807) is 11.0 Å². The topological polar surface area (TPSA) is 69.2 Å². The second-order valence-corrected chi connectivity index (χ2v) is 4.72. The first-order chi connectivity index (χ1) is 8.11. The molecule has 1 aliphatic rings. The predicted molar refractivity (Wildman–Crippen MR) is 63.7 cm³/mol. The van der Waals surface area contributed by atoms with E-state index in [-0.39, 0.29) is 11.8 Å². The molecule has 1 aromatic rings. The van der Waals surface area contributed by atoms with E-state index in [0.717, 1.165) is 18.5 Å². The molecule has 1 fully saturated rings. The van der Waals surface area contributed by atoms with Crippen molar-refractivity contribution in [2.75, 3.05) is 13.1 Å². The molecular formula is C12H19N3O2. The predicted octanol–water partition coefficient (Wildman–Crippen LogP) is 0.815. The maximum atomic E-state index is 12.1. The van der Waals surface area contributed by atoms with Crippen molar-refractivity contribution in [3.8, 4) is 0 Å². The molecule has 1 amide bonds. The van der Waals surface area contributed by atoms with Gasteiger partial charge in [-0.15, -0.1) is 0 Å². The summed E-state index contributed by atoms with van der Waals surface area (Å²) in [7, 11) is 0. The number of nitrogens with zero attached hydrogens (tertiary/aromatic N) is 2. The van der Waals surface area contributed by atoms with Gasteiger partial charge in [-0.1, -0.05) is 13.8 Å². The van der Waals surface area contributed by atoms with Crippen LogP contribution in [0.2, 0.25) is 0 Å². The van der Waals surface area contributed by atoms with E-state index in [9.17, 15) is 9.90 Å². The summed E-state index contributed by atoms with van der Waals surface area (Å²) in [5, 5.41) is 16.6. The molecule has 1 aromatic heterocycles. The number of H-pyrrole nitrogens is 1. The fraction of sp³-hybridized carbons (Fsp3) is 0.667. The molecule has 2 heterocycles. The lowest BCUT2D eigenvalue weighted by Crippen LogP contribution is -2.45. The minimum absolute atomic E-state index is 0.0908. The van der Waals surface area contributed by atoms with Gasteiger partial charge in [0, 0.05) is 18.8 Å². The number of likely N-dealkylation sites (tertiary alicyclic amines) is 1. The van der Waals surface area contributed by atoms with Crippen LogP contribution in [-0.4, -0.2) is 45.3 Å². The number of aliphatic hydroxyl groups excluding tert-OH is 1. The monoisotopic (exact) mass is 237 g/mol. The summed E-state index contributed by atoms with van der Waals surface area (Å²) in [6.45, 7) is 5.13. The van der Waals surface area contributed by atoms with Crippen molar-refractivity contribution in [2.45, 2.75) is 32.8 Å². The molecule has 0 bridgehead atoms. The average Bonchev–Trinajstić information content (AvgIpc) is 2.80. The number of piperidine rings is 1. The fourth-order valence-electron chi connectivity index (χ4n) is 2.05. The van der Waals surface area contributed by atoms with Crippen LogP contribution in [0.15, 0.2) is 6.07 Å². The van der Waals surface area contributed by atoms with Crippen molar-refractivity contribution in [1.82, 2.24) is 15.1 Å². The first-order valence-electron chi connectivity index (χ1n) is 6.13. The summed E-state index contributed by atoms with van der Waals surface area (Å²) < 4.78 is 0. The van der Waals surface area contributed by atoms with Crippen molar-refractivity contribution in [2.24, 2.45) is 5.92 Å². The number of aliphatic hydroxyl groups is 1. The number of aryl methyl sites for hydroxylation is 1. The molecule has 17 heavy (non-hydrogen) atoms. The molecule has 94 valence electrons. The molecule has 5 nitrogen and oxygen atoms in total. The minimum Gasteiger partial charge on any atom is -0.391 e. The highest BCUT2D eigenvalue weighted by molar-refractivity contribution is 5.92. The molecule has 0 radical (unpaired) electrons. The largest absolute Gasteiger partial charge is 0.391 e. The lowest BCUT2D eigenvalue weighted by Gasteiger charge is -2.33. The van der Waals surface area contributed by atoms with Crippen LogP contribution < -0.4 is 0 Å². The number of β-amino-alcohol motifs (C(OH)–C–C–N with tert-alkyl or cyclic N) is 1. The van der Waals surface area contributed by atoms with Gasteiger partial charge < -0.3 is 10.0 Å². The second kappa shape index (κ2) is 4.87. The van der Waals surface area contributed by atoms with E-state index < -0.39 is 6.10 Å². The van der Waals surface area contributed by atoms with Crippen LogP contribution in [0.3, 0.4) is 0 Å². The zero-order valence-corrected chi connectivity index (χ0v) is 10.3. The number of aromatic nitrogens is 2. The first-order valence-corrected chi connectivity index (χ1v) is 6.13. The van der Waals surface area contributed by atoms with Crippen LogP contribution in [0.5, 0.6) is 0 Å². The van der Waals surface area contributed by atoms with Crippen molar-refractivity contribution < 1.29 is 9.90 Å². The summed E-state index contributed by atoms with van der Waals surface area (Å²) in [4.78, 5) is 13.8. The van der Waals surface area contributed by atoms with Crippen molar-refractivity contribution >= 4 is 5.91 Å². The number of carbonyl (C=O) groups excluding carboxylic acids is 1. The highest BCUT2D eigenvalue weighted by Gasteiger charge is 2.28. The summed E-state index contributed by atoms with van der Waals surface area (Å²) in [5.74, 6) is 0.177. The number of hydrogen-bond donors (Lipinski definition) is 2. The van der Waals surface area contributed by atoms with Crippen molar-refractivity contribution in [3.05, 3.63) is 17.5 Å². The van der Waals surface area contributed by atoms with Crippen LogP contribution in [-0.2, 0) is 6.42 Å². The zero-order chi connectivity index (χ0) is 12.4. The molecule has 0 saturated carbocycles. The van der Waals surface area contributed by atoms with Crippen molar-refractivity contribution in [1.29, 1.82) is 0 Å². The summed E-state index contributed by atoms with van der Waals surface area (Å²) >= 11 is 0. The summed E-state index contributed by atoms with van der Waals surface area (Å²) in [6, 6.07) is 1.78. The molecule has 1 saturated heterocycles. The molecule has 1 aliphatic heterocycles. The Morgan fingerprint density at radius 1 is 1.71 bits per heavy atom. The first kappa shape index (κ1) is 12.1. The molecule has 0 aromatic carbocycles. The van der Waals surface area contributed by atoms with Crippen molar-refractivity contribution in [3.63, 3.8) is 0 Å². The Kier molecular flexibility index (Phi) is 3.47. The number of aromatic amines is 1. The maximum absolute atomic E-state index is 12.1. The maximum Gasteiger partial charge on any atom is 0.274 e. The number of carbonyl (C=O) groups is 1. The number of amides is 1. The summed E-state index contributed by atoms with van der Waals surface area (Å²) in [6.07, 6.45) is 1.26. The second-order valence-electron chi connectivity index (χ2n) is 4.72. The lowest BCUT2D eigenvalue weighted by atomic mass is 9.96. The van der Waals surface area contributed by atoms with Gasteiger partial charge in [0.15, 0.2) is 0 Å². The van der Waals surface area contributed by atoms with E-state index in [0.29, 0.717) is 18.8 Å². The molecule has 0 aliphatic carbocycles. The molecule has 2 N–H and O–H groups in total. The van der Waals surface area contributed by atoms with Gasteiger partial charge >= 0.3 is 0 Å². The quantitative estimate of drug-likeness (QED) is 0.800. The third-order valence-electron chi connectivity index (χ3n) is 3.44. The zero-order valence-electron chi connectivity index (χ0n) is 10.3. The number of rotatable bonds is 2. The van der Waals surface area contributed by atoms with Gasteiger partial charge in [0.2, 0.25) is 0 Å². The third kappa shape index (κ3) is 2.49. The van der Waals surface area contributed by atoms with Crippen LogP contribution in [0.4, 0.5) is 0 Å². The molecular weight excluding hydrogens is 218 g/mol. The Hall–Kier alpha value is -1.36. The van der Waals surface area contributed by atoms with Gasteiger partial charge in [0.1, 0.15) is 5.69 Å². The van der Waals surface area contributed by atoms with Gasteiger partial charge in [-0.2, -0.15) is 5.10 Å². The number of nitrogens with one attached hydrogen (secondary N) is 1. The van der Waals surface area contributed by atoms with Gasteiger partial charge in [-0.05, 0) is 24.8 Å². The van der Waals surface area contributed by atoms with Crippen LogP contribution in [0.25, 0.3) is 0 Å². The molecule has 2 unspecified atom stereocenters. The number of hydrogen-bond acceptors (Lipinski definition) is 3.